The summed E-state index contributed by atoms with van der Waals surface area (Å²) in [6.45, 7) is 0. The Morgan fingerprint density at radius 1 is 0.967 bits per heavy atom. The number of pyridine rings is 1. The van der Waals surface area contributed by atoms with Crippen LogP contribution in [0.2, 0.25) is 0 Å². The third-order valence-corrected chi connectivity index (χ3v) is 5.35. The molecule has 0 aliphatic rings. The van der Waals surface area contributed by atoms with Gasteiger partial charge in [-0.05, 0) is 54.6 Å². The minimum Gasteiger partial charge on any atom is -0.351 e. The Hall–Kier alpha value is -3.78. The zero-order valence-electron chi connectivity index (χ0n) is 15.9. The molecule has 0 fully saturated rings. The standard InChI is InChI=1S/C22H19N5O2S/c23-22(29)26-17-5-3-4-16(12-17)25-21(28)15-7-9-19(10-8-15)30-14-18-13-27-11-2-1-6-20(27)24-18/h1-13H,14H2,(H,25,28)(H3,23,26,29). The fourth-order valence-corrected chi connectivity index (χ4v) is 3.72. The van der Waals surface area contributed by atoms with Crippen LogP contribution in [0, 0.1) is 0 Å². The van der Waals surface area contributed by atoms with Gasteiger partial charge in [-0.2, -0.15) is 0 Å². The molecule has 2 heterocycles. The van der Waals surface area contributed by atoms with Crippen LogP contribution in [0.3, 0.4) is 0 Å². The first-order valence-electron chi connectivity index (χ1n) is 9.20. The summed E-state index contributed by atoms with van der Waals surface area (Å²) < 4.78 is 2.00. The van der Waals surface area contributed by atoms with Crippen molar-refractivity contribution in [3.63, 3.8) is 0 Å². The van der Waals surface area contributed by atoms with Gasteiger partial charge in [0.25, 0.3) is 5.91 Å². The first-order valence-corrected chi connectivity index (χ1v) is 10.2. The van der Waals surface area contributed by atoms with E-state index in [1.54, 1.807) is 48.2 Å². The zero-order valence-corrected chi connectivity index (χ0v) is 16.7. The number of benzene rings is 2. The van der Waals surface area contributed by atoms with E-state index in [1.807, 2.05) is 47.1 Å². The molecule has 0 spiro atoms. The highest BCUT2D eigenvalue weighted by Gasteiger charge is 2.08. The van der Waals surface area contributed by atoms with Gasteiger partial charge < -0.3 is 20.8 Å². The highest BCUT2D eigenvalue weighted by molar-refractivity contribution is 7.98. The van der Waals surface area contributed by atoms with Crippen molar-refractivity contribution >= 4 is 40.7 Å². The van der Waals surface area contributed by atoms with Gasteiger partial charge in [-0.1, -0.05) is 12.1 Å². The number of hydrogen-bond acceptors (Lipinski definition) is 4. The van der Waals surface area contributed by atoms with Crippen molar-refractivity contribution in [3.05, 3.63) is 90.4 Å². The van der Waals surface area contributed by atoms with Gasteiger partial charge in [-0.15, -0.1) is 11.8 Å². The second kappa shape index (κ2) is 8.71. The summed E-state index contributed by atoms with van der Waals surface area (Å²) in [5, 5.41) is 5.29. The summed E-state index contributed by atoms with van der Waals surface area (Å²) in [5.41, 5.74) is 8.66. The number of urea groups is 1. The lowest BCUT2D eigenvalue weighted by Crippen LogP contribution is -2.19. The van der Waals surface area contributed by atoms with Gasteiger partial charge in [0.05, 0.1) is 5.69 Å². The summed E-state index contributed by atoms with van der Waals surface area (Å²) in [6.07, 6.45) is 3.99. The van der Waals surface area contributed by atoms with Crippen LogP contribution in [0.4, 0.5) is 16.2 Å². The molecular formula is C22H19N5O2S. The molecule has 0 unspecified atom stereocenters. The number of nitrogens with one attached hydrogen (secondary N) is 2. The second-order valence-corrected chi connectivity index (χ2v) is 7.58. The summed E-state index contributed by atoms with van der Waals surface area (Å²) >= 11 is 1.66. The molecule has 0 aliphatic carbocycles. The van der Waals surface area contributed by atoms with Crippen LogP contribution >= 0.6 is 11.8 Å². The average Bonchev–Trinajstić information content (AvgIpc) is 3.15. The normalized spacial score (nSPS) is 10.7. The van der Waals surface area contributed by atoms with Gasteiger partial charge in [0, 0.05) is 40.0 Å². The lowest BCUT2D eigenvalue weighted by atomic mass is 10.2. The number of amides is 3. The molecule has 0 aliphatic heterocycles. The topological polar surface area (TPSA) is 102 Å². The SMILES string of the molecule is NC(=O)Nc1cccc(NC(=O)c2ccc(SCc3cn4ccccc4n3)cc2)c1. The van der Waals surface area contributed by atoms with E-state index in [1.165, 1.54) is 0 Å². The Morgan fingerprint density at radius 3 is 2.47 bits per heavy atom. The zero-order chi connectivity index (χ0) is 20.9. The van der Waals surface area contributed by atoms with E-state index in [2.05, 4.69) is 15.6 Å². The predicted octanol–water partition coefficient (Wildman–Crippen LogP) is 4.37. The maximum absolute atomic E-state index is 12.5. The highest BCUT2D eigenvalue weighted by atomic mass is 32.2. The van der Waals surface area contributed by atoms with Crippen LogP contribution in [0.5, 0.6) is 0 Å². The lowest BCUT2D eigenvalue weighted by Gasteiger charge is -2.08. The average molecular weight is 417 g/mol. The largest absolute Gasteiger partial charge is 0.351 e. The fourth-order valence-electron chi connectivity index (χ4n) is 2.94. The molecule has 4 aromatic rings. The summed E-state index contributed by atoms with van der Waals surface area (Å²) in [4.78, 5) is 29.1. The highest BCUT2D eigenvalue weighted by Crippen LogP contribution is 2.23. The molecule has 2 aromatic carbocycles. The van der Waals surface area contributed by atoms with Crippen molar-refractivity contribution in [2.75, 3.05) is 10.6 Å². The number of anilines is 2. The number of primary amides is 1. The van der Waals surface area contributed by atoms with Crippen LogP contribution in [0.25, 0.3) is 5.65 Å². The van der Waals surface area contributed by atoms with E-state index in [-0.39, 0.29) is 5.91 Å². The number of aromatic nitrogens is 2. The quantitative estimate of drug-likeness (QED) is 0.406. The Kier molecular flexibility index (Phi) is 5.67. The molecule has 150 valence electrons. The third-order valence-electron chi connectivity index (χ3n) is 4.31. The lowest BCUT2D eigenvalue weighted by molar-refractivity contribution is 0.102. The molecular weight excluding hydrogens is 398 g/mol. The molecule has 0 radical (unpaired) electrons. The van der Waals surface area contributed by atoms with Crippen molar-refractivity contribution in [1.82, 2.24) is 9.38 Å². The molecule has 0 saturated heterocycles. The monoisotopic (exact) mass is 417 g/mol. The van der Waals surface area contributed by atoms with Crippen molar-refractivity contribution in [2.24, 2.45) is 5.73 Å². The van der Waals surface area contributed by atoms with Crippen molar-refractivity contribution in [2.45, 2.75) is 10.6 Å². The van der Waals surface area contributed by atoms with Gasteiger partial charge >= 0.3 is 6.03 Å². The van der Waals surface area contributed by atoms with Crippen molar-refractivity contribution < 1.29 is 9.59 Å². The van der Waals surface area contributed by atoms with E-state index in [4.69, 9.17) is 5.73 Å². The maximum Gasteiger partial charge on any atom is 0.316 e. The van der Waals surface area contributed by atoms with Crippen LogP contribution in [-0.4, -0.2) is 21.3 Å². The van der Waals surface area contributed by atoms with E-state index < -0.39 is 6.03 Å². The number of nitrogens with zero attached hydrogens (tertiary/aromatic N) is 2. The van der Waals surface area contributed by atoms with Gasteiger partial charge in [-0.25, -0.2) is 9.78 Å². The molecule has 7 nitrogen and oxygen atoms in total. The molecule has 0 atom stereocenters. The molecule has 8 heteroatoms. The number of carbonyl (C=O) groups excluding carboxylic acids is 2. The van der Waals surface area contributed by atoms with Crippen LogP contribution in [-0.2, 0) is 5.75 Å². The molecule has 4 N–H and O–H groups in total. The van der Waals surface area contributed by atoms with Gasteiger partial charge in [0.15, 0.2) is 0 Å². The number of hydrogen-bond donors (Lipinski definition) is 3. The van der Waals surface area contributed by atoms with E-state index in [0.29, 0.717) is 16.9 Å². The summed E-state index contributed by atoms with van der Waals surface area (Å²) in [5.74, 6) is 0.510. The number of thioether (sulfide) groups is 1. The van der Waals surface area contributed by atoms with Gasteiger partial charge in [0.2, 0.25) is 0 Å². The molecule has 30 heavy (non-hydrogen) atoms. The number of nitrogens with two attached hydrogens (primary N) is 1. The first kappa shape index (κ1) is 19.5. The van der Waals surface area contributed by atoms with E-state index >= 15 is 0 Å². The number of rotatable bonds is 6. The van der Waals surface area contributed by atoms with E-state index in [0.717, 1.165) is 22.0 Å². The molecule has 2 aromatic heterocycles. The van der Waals surface area contributed by atoms with Crippen LogP contribution in [0.15, 0.2) is 84.0 Å². The minimum atomic E-state index is -0.657. The summed E-state index contributed by atoms with van der Waals surface area (Å²) in [6, 6.07) is 19.4. The molecule has 0 bridgehead atoms. The Morgan fingerprint density at radius 2 is 1.73 bits per heavy atom. The Bertz CT molecular complexity index is 1170. The van der Waals surface area contributed by atoms with Crippen molar-refractivity contribution in [1.29, 1.82) is 0 Å². The second-order valence-electron chi connectivity index (χ2n) is 6.54. The number of carbonyl (C=O) groups is 2. The molecule has 3 amide bonds. The Balaban J connectivity index is 1.36. The third kappa shape index (κ3) is 4.79. The molecule has 0 saturated carbocycles. The summed E-state index contributed by atoms with van der Waals surface area (Å²) in [7, 11) is 0. The maximum atomic E-state index is 12.5. The van der Waals surface area contributed by atoms with Crippen LogP contribution in [0.1, 0.15) is 16.1 Å². The smallest absolute Gasteiger partial charge is 0.316 e. The van der Waals surface area contributed by atoms with Gasteiger partial charge in [0.1, 0.15) is 5.65 Å². The van der Waals surface area contributed by atoms with E-state index in [9.17, 15) is 9.59 Å². The van der Waals surface area contributed by atoms with Gasteiger partial charge in [-0.3, -0.25) is 4.79 Å². The first-order chi connectivity index (χ1) is 14.6. The molecule has 4 rings (SSSR count). The number of fused-ring (bicyclic) bond motifs is 1. The fraction of sp³-hybridized carbons (Fsp3) is 0.0455. The van der Waals surface area contributed by atoms with Crippen LogP contribution < -0.4 is 16.4 Å². The Labute approximate surface area is 177 Å². The predicted molar refractivity (Wildman–Crippen MR) is 119 cm³/mol. The minimum absolute atomic E-state index is 0.233. The van der Waals surface area contributed by atoms with Crippen molar-refractivity contribution in [3.8, 4) is 0 Å². The number of imidazole rings is 1.